The Bertz CT molecular complexity index is 550. The van der Waals surface area contributed by atoms with E-state index in [9.17, 15) is 14.4 Å². The van der Waals surface area contributed by atoms with Gasteiger partial charge in [-0.25, -0.2) is 5.10 Å². The lowest BCUT2D eigenvalue weighted by atomic mass is 10.0. The highest BCUT2D eigenvalue weighted by atomic mass is 16.4. The number of carbonyl (C=O) groups is 2. The fraction of sp³-hybridized carbons (Fsp3) is 0.500. The van der Waals surface area contributed by atoms with Gasteiger partial charge in [0.2, 0.25) is 0 Å². The minimum atomic E-state index is -1.16. The van der Waals surface area contributed by atoms with Crippen molar-refractivity contribution in [1.82, 2.24) is 15.5 Å². The summed E-state index contributed by atoms with van der Waals surface area (Å²) in [6.45, 7) is 5.01. The second-order valence-electron chi connectivity index (χ2n) is 4.09. The number of hydrogen-bond donors (Lipinski definition) is 3. The molecule has 19 heavy (non-hydrogen) atoms. The Kier molecular flexibility index (Phi) is 4.80. The largest absolute Gasteiger partial charge is 0.480 e. The summed E-state index contributed by atoms with van der Waals surface area (Å²) in [6.07, 6.45) is 1.05. The van der Waals surface area contributed by atoms with E-state index in [-0.39, 0.29) is 5.56 Å². The zero-order chi connectivity index (χ0) is 14.6. The van der Waals surface area contributed by atoms with Crippen LogP contribution in [0.5, 0.6) is 0 Å². The van der Waals surface area contributed by atoms with Crippen LogP contribution in [0, 0.1) is 0 Å². The van der Waals surface area contributed by atoms with Crippen molar-refractivity contribution in [1.29, 1.82) is 0 Å². The highest BCUT2D eigenvalue weighted by Gasteiger charge is 2.22. The Morgan fingerprint density at radius 2 is 2.00 bits per heavy atom. The van der Waals surface area contributed by atoms with E-state index in [2.05, 4.69) is 15.5 Å². The minimum absolute atomic E-state index is 0.0533. The Labute approximate surface area is 110 Å². The van der Waals surface area contributed by atoms with Gasteiger partial charge in [-0.05, 0) is 25.3 Å². The molecular formula is C12H17N3O4. The number of aromatic amines is 1. The first-order chi connectivity index (χ1) is 8.92. The lowest BCUT2D eigenvalue weighted by Gasteiger charge is -2.12. The second-order valence-corrected chi connectivity index (χ2v) is 4.09. The highest BCUT2D eigenvalue weighted by molar-refractivity contribution is 5.97. The first kappa shape index (κ1) is 14.9. The summed E-state index contributed by atoms with van der Waals surface area (Å²) < 4.78 is 0. The number of nitrogens with one attached hydrogen (secondary N) is 2. The zero-order valence-corrected chi connectivity index (χ0v) is 11.1. The molecule has 7 heteroatoms. The van der Waals surface area contributed by atoms with Crippen molar-refractivity contribution < 1.29 is 14.7 Å². The SMILES string of the molecule is CCc1n[nH]c(=O)c(C(=O)N[C@H](C)C(=O)O)c1CC. The molecule has 0 unspecified atom stereocenters. The van der Waals surface area contributed by atoms with Crippen LogP contribution in [-0.2, 0) is 17.6 Å². The quantitative estimate of drug-likeness (QED) is 0.700. The average Bonchev–Trinajstić information content (AvgIpc) is 2.37. The van der Waals surface area contributed by atoms with Gasteiger partial charge < -0.3 is 10.4 Å². The summed E-state index contributed by atoms with van der Waals surface area (Å²) in [4.78, 5) is 34.5. The molecule has 0 aliphatic rings. The van der Waals surface area contributed by atoms with Crippen LogP contribution in [0.1, 0.15) is 42.4 Å². The van der Waals surface area contributed by atoms with Gasteiger partial charge in [-0.15, -0.1) is 0 Å². The van der Waals surface area contributed by atoms with Crippen molar-refractivity contribution >= 4 is 11.9 Å². The van der Waals surface area contributed by atoms with Crippen LogP contribution in [0.25, 0.3) is 0 Å². The van der Waals surface area contributed by atoms with Crippen LogP contribution in [0.4, 0.5) is 0 Å². The number of nitrogens with zero attached hydrogens (tertiary/aromatic N) is 1. The predicted octanol–water partition coefficient (Wildman–Crippen LogP) is 0.0976. The molecule has 0 radical (unpaired) electrons. The molecule has 0 aromatic carbocycles. The van der Waals surface area contributed by atoms with Gasteiger partial charge in [0.1, 0.15) is 11.6 Å². The molecule has 7 nitrogen and oxygen atoms in total. The molecule has 0 saturated heterocycles. The molecule has 0 aliphatic heterocycles. The third-order valence-electron chi connectivity index (χ3n) is 2.80. The lowest BCUT2D eigenvalue weighted by molar-refractivity contribution is -0.138. The summed E-state index contributed by atoms with van der Waals surface area (Å²) in [6, 6.07) is -1.06. The van der Waals surface area contributed by atoms with E-state index >= 15 is 0 Å². The van der Waals surface area contributed by atoms with Gasteiger partial charge in [0.25, 0.3) is 11.5 Å². The van der Waals surface area contributed by atoms with Crippen molar-refractivity contribution in [2.75, 3.05) is 0 Å². The number of rotatable bonds is 5. The van der Waals surface area contributed by atoms with Crippen molar-refractivity contribution in [2.45, 2.75) is 39.7 Å². The molecule has 0 spiro atoms. The van der Waals surface area contributed by atoms with E-state index in [1.54, 1.807) is 0 Å². The molecule has 1 heterocycles. The van der Waals surface area contributed by atoms with Gasteiger partial charge in [0.15, 0.2) is 0 Å². The average molecular weight is 267 g/mol. The number of carbonyl (C=O) groups excluding carboxylic acids is 1. The summed E-state index contributed by atoms with van der Waals surface area (Å²) in [5.41, 5.74) is 0.531. The molecule has 1 aromatic rings. The third-order valence-corrected chi connectivity index (χ3v) is 2.80. The standard InChI is InChI=1S/C12H17N3O4/c1-4-7-8(5-2)14-15-11(17)9(7)10(16)13-6(3)12(18)19/h6H,4-5H2,1-3H3,(H,13,16)(H,15,17)(H,18,19)/t6-/m1/s1. The van der Waals surface area contributed by atoms with Gasteiger partial charge in [-0.3, -0.25) is 14.4 Å². The Balaban J connectivity index is 3.22. The summed E-state index contributed by atoms with van der Waals surface area (Å²) in [5.74, 6) is -1.85. The Morgan fingerprint density at radius 3 is 2.47 bits per heavy atom. The van der Waals surface area contributed by atoms with Crippen LogP contribution < -0.4 is 10.9 Å². The van der Waals surface area contributed by atoms with Crippen LogP contribution in [0.2, 0.25) is 0 Å². The fourth-order valence-electron chi connectivity index (χ4n) is 1.77. The van der Waals surface area contributed by atoms with Crippen molar-refractivity contribution in [2.24, 2.45) is 0 Å². The highest BCUT2D eigenvalue weighted by Crippen LogP contribution is 2.10. The maximum atomic E-state index is 12.0. The maximum Gasteiger partial charge on any atom is 0.325 e. The van der Waals surface area contributed by atoms with Gasteiger partial charge in [0.05, 0.1) is 5.69 Å². The maximum absolute atomic E-state index is 12.0. The van der Waals surface area contributed by atoms with Gasteiger partial charge in [-0.1, -0.05) is 13.8 Å². The molecule has 104 valence electrons. The third kappa shape index (κ3) is 3.18. The first-order valence-electron chi connectivity index (χ1n) is 6.06. The van der Waals surface area contributed by atoms with E-state index in [4.69, 9.17) is 5.11 Å². The van der Waals surface area contributed by atoms with E-state index in [0.29, 0.717) is 24.1 Å². The van der Waals surface area contributed by atoms with E-state index in [0.717, 1.165) is 0 Å². The van der Waals surface area contributed by atoms with Crippen LogP contribution in [-0.4, -0.2) is 33.2 Å². The minimum Gasteiger partial charge on any atom is -0.480 e. The van der Waals surface area contributed by atoms with Gasteiger partial charge in [0, 0.05) is 0 Å². The van der Waals surface area contributed by atoms with E-state index in [1.807, 2.05) is 13.8 Å². The number of amides is 1. The number of H-pyrrole nitrogens is 1. The molecular weight excluding hydrogens is 250 g/mol. The summed E-state index contributed by atoms with van der Waals surface area (Å²) in [5, 5.41) is 17.2. The van der Waals surface area contributed by atoms with Crippen molar-refractivity contribution in [3.63, 3.8) is 0 Å². The molecule has 0 aliphatic carbocycles. The molecule has 1 rings (SSSR count). The molecule has 1 amide bonds. The van der Waals surface area contributed by atoms with Crippen molar-refractivity contribution in [3.05, 3.63) is 27.2 Å². The monoisotopic (exact) mass is 267 g/mol. The molecule has 0 saturated carbocycles. The smallest absolute Gasteiger partial charge is 0.325 e. The molecule has 0 bridgehead atoms. The number of carboxylic acids is 1. The molecule has 1 atom stereocenters. The van der Waals surface area contributed by atoms with Crippen LogP contribution in [0.3, 0.4) is 0 Å². The summed E-state index contributed by atoms with van der Waals surface area (Å²) in [7, 11) is 0. The number of carboxylic acid groups (broad SMARTS) is 1. The zero-order valence-electron chi connectivity index (χ0n) is 11.1. The Morgan fingerprint density at radius 1 is 1.37 bits per heavy atom. The second kappa shape index (κ2) is 6.12. The number of aryl methyl sites for hydroxylation is 1. The van der Waals surface area contributed by atoms with Crippen LogP contribution in [0.15, 0.2) is 4.79 Å². The van der Waals surface area contributed by atoms with Crippen molar-refractivity contribution in [3.8, 4) is 0 Å². The summed E-state index contributed by atoms with van der Waals surface area (Å²) >= 11 is 0. The topological polar surface area (TPSA) is 112 Å². The van der Waals surface area contributed by atoms with Gasteiger partial charge >= 0.3 is 5.97 Å². The number of hydrogen-bond acceptors (Lipinski definition) is 4. The number of aliphatic carboxylic acids is 1. The molecule has 0 fully saturated rings. The fourth-order valence-corrected chi connectivity index (χ4v) is 1.77. The van der Waals surface area contributed by atoms with Crippen LogP contribution >= 0.6 is 0 Å². The Hall–Kier alpha value is -2.18. The lowest BCUT2D eigenvalue weighted by Crippen LogP contribution is -2.41. The normalized spacial score (nSPS) is 11.9. The molecule has 1 aromatic heterocycles. The predicted molar refractivity (Wildman–Crippen MR) is 68.2 cm³/mol. The number of aromatic nitrogens is 2. The van der Waals surface area contributed by atoms with E-state index < -0.39 is 23.5 Å². The molecule has 3 N–H and O–H groups in total. The van der Waals surface area contributed by atoms with Gasteiger partial charge in [-0.2, -0.15) is 5.10 Å². The van der Waals surface area contributed by atoms with E-state index in [1.165, 1.54) is 6.92 Å². The first-order valence-corrected chi connectivity index (χ1v) is 6.06.